The second-order valence-electron chi connectivity index (χ2n) is 8.86. The summed E-state index contributed by atoms with van der Waals surface area (Å²) in [7, 11) is 0. The van der Waals surface area contributed by atoms with E-state index in [2.05, 4.69) is 32.9 Å². The van der Waals surface area contributed by atoms with E-state index in [0.717, 1.165) is 79.3 Å². The van der Waals surface area contributed by atoms with Crippen LogP contribution in [0.1, 0.15) is 40.7 Å². The van der Waals surface area contributed by atoms with Crippen molar-refractivity contribution < 1.29 is 14.4 Å². The lowest BCUT2D eigenvalue weighted by Gasteiger charge is -2.23. The van der Waals surface area contributed by atoms with Gasteiger partial charge in [-0.3, -0.25) is 0 Å². The highest BCUT2D eigenvalue weighted by Crippen LogP contribution is 2.41. The van der Waals surface area contributed by atoms with Crippen molar-refractivity contribution in [2.75, 3.05) is 26.3 Å². The molecule has 30 heavy (non-hydrogen) atoms. The van der Waals surface area contributed by atoms with Gasteiger partial charge in [0.2, 0.25) is 5.88 Å². The highest BCUT2D eigenvalue weighted by atomic mass is 32.1. The zero-order valence-electron chi connectivity index (χ0n) is 18.1. The first-order valence-corrected chi connectivity index (χ1v) is 11.9. The molecule has 1 aliphatic carbocycles. The first kappa shape index (κ1) is 19.9. The maximum Gasteiger partial charge on any atom is 0.231 e. The van der Waals surface area contributed by atoms with Crippen molar-refractivity contribution in [3.63, 3.8) is 0 Å². The van der Waals surface area contributed by atoms with E-state index in [9.17, 15) is 0 Å². The number of nitrogens with one attached hydrogen (secondary N) is 1. The minimum atomic E-state index is 0.734. The standard InChI is InChI=1S/C24H29N3O2S/c1-15-4-7-19-20(12-15)30-24-22(19)23(29-18-6-5-16(2)17(3)13-18)25-21(26-24)14-27-8-10-28-11-9-27/h5-6,13,15H,4,7-12,14H2,1-3H3/p+1/t15-/m1/s1. The summed E-state index contributed by atoms with van der Waals surface area (Å²) in [5, 5.41) is 1.14. The molecule has 0 saturated carbocycles. The van der Waals surface area contributed by atoms with Crippen LogP contribution in [-0.2, 0) is 24.1 Å². The van der Waals surface area contributed by atoms with Crippen molar-refractivity contribution in [3.8, 4) is 11.6 Å². The number of nitrogens with zero attached hydrogens (tertiary/aromatic N) is 2. The highest BCUT2D eigenvalue weighted by molar-refractivity contribution is 7.18. The predicted octanol–water partition coefficient (Wildman–Crippen LogP) is 3.64. The number of thiophene rings is 1. The topological polar surface area (TPSA) is 48.7 Å². The van der Waals surface area contributed by atoms with Crippen LogP contribution >= 0.6 is 11.3 Å². The van der Waals surface area contributed by atoms with E-state index in [0.29, 0.717) is 0 Å². The molecule has 0 radical (unpaired) electrons. The number of hydrogen-bond donors (Lipinski definition) is 1. The van der Waals surface area contributed by atoms with E-state index in [1.165, 1.54) is 32.9 Å². The van der Waals surface area contributed by atoms with Gasteiger partial charge in [0.05, 0.1) is 18.6 Å². The lowest BCUT2D eigenvalue weighted by atomic mass is 9.89. The van der Waals surface area contributed by atoms with Crippen LogP contribution in [0.25, 0.3) is 10.2 Å². The van der Waals surface area contributed by atoms with E-state index in [4.69, 9.17) is 19.4 Å². The van der Waals surface area contributed by atoms with Gasteiger partial charge in [0.25, 0.3) is 0 Å². The second kappa shape index (κ2) is 8.25. The number of aromatic nitrogens is 2. The molecule has 2 aliphatic rings. The van der Waals surface area contributed by atoms with Crippen LogP contribution < -0.4 is 9.64 Å². The van der Waals surface area contributed by atoms with Crippen LogP contribution in [0, 0.1) is 19.8 Å². The van der Waals surface area contributed by atoms with Crippen molar-refractivity contribution in [1.29, 1.82) is 0 Å². The van der Waals surface area contributed by atoms with Gasteiger partial charge < -0.3 is 14.4 Å². The molecule has 1 N–H and O–H groups in total. The third kappa shape index (κ3) is 3.96. The Bertz CT molecular complexity index is 1070. The number of ether oxygens (including phenoxy) is 2. The Morgan fingerprint density at radius 1 is 1.17 bits per heavy atom. The summed E-state index contributed by atoms with van der Waals surface area (Å²) in [5.74, 6) is 3.20. The number of rotatable bonds is 4. The molecule has 1 aliphatic heterocycles. The Kier molecular flexibility index (Phi) is 5.48. The summed E-state index contributed by atoms with van der Waals surface area (Å²) in [4.78, 5) is 14.0. The third-order valence-corrected chi connectivity index (χ3v) is 7.62. The molecule has 1 aromatic carbocycles. The first-order chi connectivity index (χ1) is 14.6. The fraction of sp³-hybridized carbons (Fsp3) is 0.500. The van der Waals surface area contributed by atoms with Gasteiger partial charge in [-0.05, 0) is 67.9 Å². The Hall–Kier alpha value is -2.02. The van der Waals surface area contributed by atoms with Gasteiger partial charge >= 0.3 is 0 Å². The minimum absolute atomic E-state index is 0.734. The summed E-state index contributed by atoms with van der Waals surface area (Å²) >= 11 is 1.84. The zero-order chi connectivity index (χ0) is 20.7. The molecule has 6 heteroatoms. The number of fused-ring (bicyclic) bond motifs is 3. The average Bonchev–Trinajstić information content (AvgIpc) is 3.09. The Balaban J connectivity index is 1.56. The van der Waals surface area contributed by atoms with Crippen molar-refractivity contribution in [3.05, 3.63) is 45.6 Å². The van der Waals surface area contributed by atoms with Crippen LogP contribution in [0.15, 0.2) is 18.2 Å². The number of hydrogen-bond acceptors (Lipinski definition) is 5. The van der Waals surface area contributed by atoms with E-state index >= 15 is 0 Å². The highest BCUT2D eigenvalue weighted by Gasteiger charge is 2.26. The van der Waals surface area contributed by atoms with Crippen LogP contribution in [0.5, 0.6) is 11.6 Å². The molecule has 5 rings (SSSR count). The van der Waals surface area contributed by atoms with Gasteiger partial charge in [-0.25, -0.2) is 4.98 Å². The molecule has 3 heterocycles. The van der Waals surface area contributed by atoms with E-state index < -0.39 is 0 Å². The Labute approximate surface area is 182 Å². The molecule has 1 atom stereocenters. The maximum atomic E-state index is 6.43. The zero-order valence-corrected chi connectivity index (χ0v) is 18.9. The van der Waals surface area contributed by atoms with Gasteiger partial charge in [0.1, 0.15) is 30.2 Å². The van der Waals surface area contributed by atoms with Gasteiger partial charge in [-0.1, -0.05) is 13.0 Å². The monoisotopic (exact) mass is 424 g/mol. The molecule has 5 nitrogen and oxygen atoms in total. The predicted molar refractivity (Wildman–Crippen MR) is 120 cm³/mol. The molecule has 1 fully saturated rings. The summed E-state index contributed by atoms with van der Waals surface area (Å²) in [6, 6.07) is 6.27. The Morgan fingerprint density at radius 3 is 2.80 bits per heavy atom. The smallest absolute Gasteiger partial charge is 0.231 e. The fourth-order valence-corrected chi connectivity index (χ4v) is 5.85. The lowest BCUT2D eigenvalue weighted by molar-refractivity contribution is -0.922. The van der Waals surface area contributed by atoms with Crippen LogP contribution in [0.2, 0.25) is 0 Å². The van der Waals surface area contributed by atoms with E-state index in [1.54, 1.807) is 0 Å². The van der Waals surface area contributed by atoms with Gasteiger partial charge in [-0.15, -0.1) is 11.3 Å². The number of benzene rings is 1. The maximum absolute atomic E-state index is 6.43. The van der Waals surface area contributed by atoms with Gasteiger partial charge in [0.15, 0.2) is 5.82 Å². The van der Waals surface area contributed by atoms with Crippen LogP contribution in [-0.4, -0.2) is 36.3 Å². The third-order valence-electron chi connectivity index (χ3n) is 6.47. The number of aryl methyl sites for hydroxylation is 3. The van der Waals surface area contributed by atoms with Crippen molar-refractivity contribution >= 4 is 21.6 Å². The average molecular weight is 425 g/mol. The summed E-state index contributed by atoms with van der Waals surface area (Å²) in [5.41, 5.74) is 3.92. The number of quaternary nitrogens is 1. The molecule has 3 aromatic rings. The quantitative estimate of drug-likeness (QED) is 0.695. The van der Waals surface area contributed by atoms with Crippen molar-refractivity contribution in [1.82, 2.24) is 9.97 Å². The fourth-order valence-electron chi connectivity index (χ4n) is 4.45. The molecule has 0 spiro atoms. The van der Waals surface area contributed by atoms with Crippen molar-refractivity contribution in [2.45, 2.75) is 46.6 Å². The molecule has 158 valence electrons. The van der Waals surface area contributed by atoms with Gasteiger partial charge in [0, 0.05) is 4.88 Å². The molecule has 0 amide bonds. The number of morpholine rings is 1. The summed E-state index contributed by atoms with van der Waals surface area (Å²) in [6.07, 6.45) is 3.46. The first-order valence-electron chi connectivity index (χ1n) is 11.0. The van der Waals surface area contributed by atoms with E-state index in [-0.39, 0.29) is 0 Å². The molecular formula is C24H30N3O2S+. The molecule has 2 aromatic heterocycles. The largest absolute Gasteiger partial charge is 0.438 e. The van der Waals surface area contributed by atoms with Crippen LogP contribution in [0.4, 0.5) is 0 Å². The molecule has 0 unspecified atom stereocenters. The second-order valence-corrected chi connectivity index (χ2v) is 9.95. The van der Waals surface area contributed by atoms with Crippen LogP contribution in [0.3, 0.4) is 0 Å². The molecule has 1 saturated heterocycles. The summed E-state index contributed by atoms with van der Waals surface area (Å²) < 4.78 is 11.9. The SMILES string of the molecule is Cc1ccc(Oc2nc(C[NH+]3CCOCC3)nc3sc4c(c23)CC[C@@H](C)C4)cc1C. The van der Waals surface area contributed by atoms with Crippen molar-refractivity contribution in [2.24, 2.45) is 5.92 Å². The van der Waals surface area contributed by atoms with Gasteiger partial charge in [-0.2, -0.15) is 4.98 Å². The van der Waals surface area contributed by atoms with E-state index in [1.807, 2.05) is 17.4 Å². The lowest BCUT2D eigenvalue weighted by Crippen LogP contribution is -3.12. The summed E-state index contributed by atoms with van der Waals surface area (Å²) in [6.45, 7) is 11.1. The minimum Gasteiger partial charge on any atom is -0.438 e. The molecule has 0 bridgehead atoms. The normalized spacial score (nSPS) is 19.8. The Morgan fingerprint density at radius 2 is 2.00 bits per heavy atom. The molecular weight excluding hydrogens is 394 g/mol.